The van der Waals surface area contributed by atoms with Crippen LogP contribution in [0.4, 0.5) is 0 Å². The van der Waals surface area contributed by atoms with Crippen molar-refractivity contribution in [1.29, 1.82) is 0 Å². The summed E-state index contributed by atoms with van der Waals surface area (Å²) in [6, 6.07) is 0.703. The molecule has 19 heavy (non-hydrogen) atoms. The molecule has 1 N–H and O–H groups in total. The van der Waals surface area contributed by atoms with Crippen molar-refractivity contribution in [3.05, 3.63) is 0 Å². The van der Waals surface area contributed by atoms with E-state index in [1.807, 2.05) is 18.7 Å². The molecule has 5 heteroatoms. The summed E-state index contributed by atoms with van der Waals surface area (Å²) in [5, 5.41) is 3.58. The monoisotopic (exact) mass is 290 g/mol. The molecule has 0 aromatic rings. The standard InChI is InChI=1S/C14H26N2O2.ClH/c1-11(2)18-10-14(17)16-8-5-12(6-9-16)13-4-3-7-15-13;/h11-13,15H,3-10H2,1-2H3;1H. The Morgan fingerprint density at radius 2 is 2.00 bits per heavy atom. The number of ether oxygens (including phenoxy) is 1. The summed E-state index contributed by atoms with van der Waals surface area (Å²) in [6.45, 7) is 7.15. The number of nitrogens with zero attached hydrogens (tertiary/aromatic N) is 1. The number of piperidine rings is 1. The number of nitrogens with one attached hydrogen (secondary N) is 1. The second-order valence-electron chi connectivity index (χ2n) is 5.78. The normalized spacial score (nSPS) is 24.6. The predicted molar refractivity (Wildman–Crippen MR) is 78.7 cm³/mol. The molecule has 2 aliphatic heterocycles. The van der Waals surface area contributed by atoms with Gasteiger partial charge in [-0.05, 0) is 52.0 Å². The third-order valence-electron chi connectivity index (χ3n) is 4.10. The second-order valence-corrected chi connectivity index (χ2v) is 5.78. The fourth-order valence-electron chi connectivity index (χ4n) is 2.99. The van der Waals surface area contributed by atoms with Gasteiger partial charge in [0.1, 0.15) is 6.61 Å². The fourth-order valence-corrected chi connectivity index (χ4v) is 2.99. The Bertz CT molecular complexity index is 273. The van der Waals surface area contributed by atoms with E-state index in [9.17, 15) is 4.79 Å². The zero-order chi connectivity index (χ0) is 13.0. The van der Waals surface area contributed by atoms with Gasteiger partial charge in [-0.2, -0.15) is 0 Å². The Balaban J connectivity index is 0.00000180. The van der Waals surface area contributed by atoms with Gasteiger partial charge in [-0.1, -0.05) is 0 Å². The first kappa shape index (κ1) is 16.7. The number of likely N-dealkylation sites (tertiary alicyclic amines) is 1. The van der Waals surface area contributed by atoms with Crippen molar-refractivity contribution in [1.82, 2.24) is 10.2 Å². The van der Waals surface area contributed by atoms with Gasteiger partial charge in [0.15, 0.2) is 0 Å². The van der Waals surface area contributed by atoms with Crippen LogP contribution in [-0.2, 0) is 9.53 Å². The molecule has 0 spiro atoms. The summed E-state index contributed by atoms with van der Waals surface area (Å²) in [5.41, 5.74) is 0. The van der Waals surface area contributed by atoms with Crippen LogP contribution < -0.4 is 5.32 Å². The molecule has 1 unspecified atom stereocenters. The quantitative estimate of drug-likeness (QED) is 0.859. The maximum Gasteiger partial charge on any atom is 0.248 e. The lowest BCUT2D eigenvalue weighted by atomic mass is 9.88. The fraction of sp³-hybridized carbons (Fsp3) is 0.929. The van der Waals surface area contributed by atoms with Gasteiger partial charge in [0.05, 0.1) is 6.10 Å². The van der Waals surface area contributed by atoms with Gasteiger partial charge in [-0.25, -0.2) is 0 Å². The molecule has 0 radical (unpaired) electrons. The van der Waals surface area contributed by atoms with E-state index in [2.05, 4.69) is 5.32 Å². The minimum atomic E-state index is 0. The van der Waals surface area contributed by atoms with Crippen LogP contribution in [0.5, 0.6) is 0 Å². The molecule has 1 atom stereocenters. The Kier molecular flexibility index (Phi) is 7.11. The minimum absolute atomic E-state index is 0. The van der Waals surface area contributed by atoms with Crippen molar-refractivity contribution in [2.45, 2.75) is 51.7 Å². The third-order valence-corrected chi connectivity index (χ3v) is 4.10. The lowest BCUT2D eigenvalue weighted by Crippen LogP contribution is -2.44. The van der Waals surface area contributed by atoms with E-state index in [0.29, 0.717) is 6.04 Å². The lowest BCUT2D eigenvalue weighted by Gasteiger charge is -2.35. The smallest absolute Gasteiger partial charge is 0.248 e. The van der Waals surface area contributed by atoms with Crippen LogP contribution in [0.1, 0.15) is 39.5 Å². The number of hydrogen-bond donors (Lipinski definition) is 1. The Hall–Kier alpha value is -0.320. The van der Waals surface area contributed by atoms with Crippen molar-refractivity contribution >= 4 is 18.3 Å². The second kappa shape index (κ2) is 8.08. The molecule has 0 bridgehead atoms. The summed E-state index contributed by atoms with van der Waals surface area (Å²) >= 11 is 0. The molecule has 0 aromatic heterocycles. The highest BCUT2D eigenvalue weighted by molar-refractivity contribution is 5.85. The molecular weight excluding hydrogens is 264 g/mol. The van der Waals surface area contributed by atoms with Gasteiger partial charge in [-0.15, -0.1) is 12.4 Å². The number of halogens is 1. The SMILES string of the molecule is CC(C)OCC(=O)N1CCC(C2CCCN2)CC1.Cl. The Labute approximate surface area is 122 Å². The topological polar surface area (TPSA) is 41.6 Å². The van der Waals surface area contributed by atoms with Gasteiger partial charge in [-0.3, -0.25) is 4.79 Å². The molecule has 112 valence electrons. The number of carbonyl (C=O) groups excluding carboxylic acids is 1. The van der Waals surface area contributed by atoms with Crippen LogP contribution in [0.3, 0.4) is 0 Å². The van der Waals surface area contributed by atoms with Gasteiger partial charge in [0.25, 0.3) is 0 Å². The Morgan fingerprint density at radius 3 is 2.53 bits per heavy atom. The maximum absolute atomic E-state index is 11.9. The molecule has 2 saturated heterocycles. The molecular formula is C14H27ClN2O2. The van der Waals surface area contributed by atoms with Crippen LogP contribution in [-0.4, -0.2) is 49.2 Å². The predicted octanol–water partition coefficient (Wildman–Crippen LogP) is 1.82. The van der Waals surface area contributed by atoms with E-state index in [1.165, 1.54) is 19.4 Å². The first-order valence-electron chi connectivity index (χ1n) is 7.29. The summed E-state index contributed by atoms with van der Waals surface area (Å²) in [7, 11) is 0. The van der Waals surface area contributed by atoms with Crippen molar-refractivity contribution in [3.8, 4) is 0 Å². The molecule has 0 aliphatic carbocycles. The van der Waals surface area contributed by atoms with Crippen LogP contribution in [0.2, 0.25) is 0 Å². The zero-order valence-corrected chi connectivity index (χ0v) is 12.9. The van der Waals surface area contributed by atoms with Crippen LogP contribution in [0, 0.1) is 5.92 Å². The largest absolute Gasteiger partial charge is 0.369 e. The third kappa shape index (κ3) is 4.93. The van der Waals surface area contributed by atoms with Crippen molar-refractivity contribution < 1.29 is 9.53 Å². The number of amides is 1. The highest BCUT2D eigenvalue weighted by Gasteiger charge is 2.29. The highest BCUT2D eigenvalue weighted by atomic mass is 35.5. The van der Waals surface area contributed by atoms with E-state index in [1.54, 1.807) is 0 Å². The molecule has 2 rings (SSSR count). The first-order valence-corrected chi connectivity index (χ1v) is 7.29. The van der Waals surface area contributed by atoms with E-state index < -0.39 is 0 Å². The number of hydrogen-bond acceptors (Lipinski definition) is 3. The van der Waals surface area contributed by atoms with Gasteiger partial charge in [0.2, 0.25) is 5.91 Å². The van der Waals surface area contributed by atoms with Gasteiger partial charge < -0.3 is 15.0 Å². The summed E-state index contributed by atoms with van der Waals surface area (Å²) in [6.07, 6.45) is 5.05. The first-order chi connectivity index (χ1) is 8.66. The minimum Gasteiger partial charge on any atom is -0.369 e. The molecule has 0 aromatic carbocycles. The van der Waals surface area contributed by atoms with E-state index in [-0.39, 0.29) is 31.0 Å². The molecule has 2 fully saturated rings. The molecule has 4 nitrogen and oxygen atoms in total. The van der Waals surface area contributed by atoms with Gasteiger partial charge in [0, 0.05) is 19.1 Å². The summed E-state index contributed by atoms with van der Waals surface area (Å²) in [5.74, 6) is 0.920. The van der Waals surface area contributed by atoms with E-state index in [0.717, 1.165) is 31.8 Å². The summed E-state index contributed by atoms with van der Waals surface area (Å²) in [4.78, 5) is 13.9. The number of rotatable bonds is 4. The molecule has 1 amide bonds. The van der Waals surface area contributed by atoms with E-state index >= 15 is 0 Å². The van der Waals surface area contributed by atoms with Gasteiger partial charge >= 0.3 is 0 Å². The maximum atomic E-state index is 11.9. The van der Waals surface area contributed by atoms with Crippen molar-refractivity contribution in [2.75, 3.05) is 26.2 Å². The van der Waals surface area contributed by atoms with Crippen LogP contribution >= 0.6 is 12.4 Å². The van der Waals surface area contributed by atoms with Crippen molar-refractivity contribution in [2.24, 2.45) is 5.92 Å². The van der Waals surface area contributed by atoms with Crippen LogP contribution in [0.25, 0.3) is 0 Å². The average Bonchev–Trinajstić information content (AvgIpc) is 2.90. The Morgan fingerprint density at radius 1 is 1.32 bits per heavy atom. The zero-order valence-electron chi connectivity index (χ0n) is 12.1. The average molecular weight is 291 g/mol. The van der Waals surface area contributed by atoms with Crippen LogP contribution in [0.15, 0.2) is 0 Å². The van der Waals surface area contributed by atoms with Crippen molar-refractivity contribution in [3.63, 3.8) is 0 Å². The highest BCUT2D eigenvalue weighted by Crippen LogP contribution is 2.25. The molecule has 2 heterocycles. The van der Waals surface area contributed by atoms with E-state index in [4.69, 9.17) is 4.74 Å². The molecule has 2 aliphatic rings. The lowest BCUT2D eigenvalue weighted by molar-refractivity contribution is -0.139. The summed E-state index contributed by atoms with van der Waals surface area (Å²) < 4.78 is 5.38. The molecule has 0 saturated carbocycles. The number of carbonyl (C=O) groups is 1.